The van der Waals surface area contributed by atoms with Gasteiger partial charge in [-0.2, -0.15) is 0 Å². The van der Waals surface area contributed by atoms with Gasteiger partial charge in [-0.3, -0.25) is 4.90 Å². The Hall–Kier alpha value is 0.400. The van der Waals surface area contributed by atoms with Crippen LogP contribution in [0.5, 0.6) is 0 Å². The Balaban J connectivity index is 1.53. The van der Waals surface area contributed by atoms with E-state index in [4.69, 9.17) is 4.74 Å². The molecule has 2 heterocycles. The lowest BCUT2D eigenvalue weighted by Gasteiger charge is -2.28. The van der Waals surface area contributed by atoms with Crippen molar-refractivity contribution in [1.82, 2.24) is 4.90 Å². The maximum Gasteiger partial charge on any atom is 0.0710 e. The summed E-state index contributed by atoms with van der Waals surface area (Å²) in [6.45, 7) is 2.46. The van der Waals surface area contributed by atoms with Crippen LogP contribution < -0.4 is 0 Å². The Labute approximate surface area is 113 Å². The molecule has 0 bridgehead atoms. The van der Waals surface area contributed by atoms with Crippen molar-refractivity contribution in [3.05, 3.63) is 0 Å². The van der Waals surface area contributed by atoms with E-state index in [1.165, 1.54) is 64.5 Å². The number of halogens is 1. The molecule has 1 spiro atoms. The molecule has 3 rings (SSSR count). The molecule has 0 radical (unpaired) electrons. The van der Waals surface area contributed by atoms with E-state index in [1.807, 2.05) is 0 Å². The third kappa shape index (κ3) is 2.57. The van der Waals surface area contributed by atoms with Gasteiger partial charge in [-0.15, -0.1) is 0 Å². The zero-order valence-electron chi connectivity index (χ0n) is 10.7. The number of likely N-dealkylation sites (tertiary alicyclic amines) is 1. The lowest BCUT2D eigenvalue weighted by atomic mass is 9.98. The van der Waals surface area contributed by atoms with Crippen LogP contribution in [0.15, 0.2) is 0 Å². The molecule has 3 heteroatoms. The van der Waals surface area contributed by atoms with Crippen LogP contribution in [-0.2, 0) is 4.74 Å². The molecule has 2 unspecified atom stereocenters. The van der Waals surface area contributed by atoms with E-state index >= 15 is 0 Å². The Morgan fingerprint density at radius 2 is 1.94 bits per heavy atom. The minimum Gasteiger partial charge on any atom is -0.370 e. The van der Waals surface area contributed by atoms with Crippen molar-refractivity contribution >= 4 is 15.9 Å². The molecule has 2 nitrogen and oxygen atoms in total. The maximum atomic E-state index is 6.41. The minimum atomic E-state index is 0.314. The largest absolute Gasteiger partial charge is 0.370 e. The molecular formula is C14H24BrNO. The van der Waals surface area contributed by atoms with Crippen molar-refractivity contribution in [3.8, 4) is 0 Å². The standard InChI is InChI=1S/C14H24BrNO/c15-10-12-4-3-9-16(12)11-13-5-8-14(17-13)6-1-2-7-14/h12-13H,1-11H2. The van der Waals surface area contributed by atoms with Crippen molar-refractivity contribution in [2.75, 3.05) is 18.4 Å². The lowest BCUT2D eigenvalue weighted by molar-refractivity contribution is -0.0477. The van der Waals surface area contributed by atoms with Crippen molar-refractivity contribution in [3.63, 3.8) is 0 Å². The van der Waals surface area contributed by atoms with Crippen molar-refractivity contribution in [2.45, 2.75) is 69.1 Å². The highest BCUT2D eigenvalue weighted by atomic mass is 79.9. The number of ether oxygens (including phenoxy) is 1. The van der Waals surface area contributed by atoms with Crippen molar-refractivity contribution in [1.29, 1.82) is 0 Å². The maximum absolute atomic E-state index is 6.41. The first-order valence-electron chi connectivity index (χ1n) is 7.29. The van der Waals surface area contributed by atoms with Gasteiger partial charge in [0.2, 0.25) is 0 Å². The van der Waals surface area contributed by atoms with Crippen LogP contribution in [0.1, 0.15) is 51.4 Å². The summed E-state index contributed by atoms with van der Waals surface area (Å²) >= 11 is 3.64. The molecule has 2 aliphatic heterocycles. The zero-order valence-corrected chi connectivity index (χ0v) is 12.3. The van der Waals surface area contributed by atoms with Crippen LogP contribution in [0.4, 0.5) is 0 Å². The quantitative estimate of drug-likeness (QED) is 0.741. The van der Waals surface area contributed by atoms with Crippen LogP contribution in [0.25, 0.3) is 0 Å². The minimum absolute atomic E-state index is 0.314. The van der Waals surface area contributed by atoms with Crippen LogP contribution >= 0.6 is 15.9 Å². The smallest absolute Gasteiger partial charge is 0.0710 e. The number of hydrogen-bond donors (Lipinski definition) is 0. The van der Waals surface area contributed by atoms with Gasteiger partial charge in [-0.1, -0.05) is 28.8 Å². The molecule has 98 valence electrons. The van der Waals surface area contributed by atoms with Gasteiger partial charge >= 0.3 is 0 Å². The molecule has 1 saturated carbocycles. The Kier molecular flexibility index (Phi) is 3.79. The van der Waals surface area contributed by atoms with Crippen molar-refractivity contribution < 1.29 is 4.74 Å². The van der Waals surface area contributed by atoms with Gasteiger partial charge in [0.05, 0.1) is 11.7 Å². The Morgan fingerprint density at radius 1 is 1.12 bits per heavy atom. The molecule has 0 aromatic heterocycles. The van der Waals surface area contributed by atoms with E-state index < -0.39 is 0 Å². The fourth-order valence-corrected chi connectivity index (χ4v) is 4.72. The normalized spacial score (nSPS) is 37.2. The van der Waals surface area contributed by atoms with Gasteiger partial charge in [0, 0.05) is 17.9 Å². The van der Waals surface area contributed by atoms with Crippen molar-refractivity contribution in [2.24, 2.45) is 0 Å². The summed E-state index contributed by atoms with van der Waals surface area (Å²) in [5.41, 5.74) is 0.314. The Morgan fingerprint density at radius 3 is 2.71 bits per heavy atom. The second-order valence-corrected chi connectivity index (χ2v) is 6.76. The van der Waals surface area contributed by atoms with Gasteiger partial charge in [0.25, 0.3) is 0 Å². The third-order valence-corrected chi connectivity index (χ3v) is 5.72. The molecule has 0 N–H and O–H groups in total. The van der Waals surface area contributed by atoms with Gasteiger partial charge in [-0.25, -0.2) is 0 Å². The first-order chi connectivity index (χ1) is 8.31. The van der Waals surface area contributed by atoms with Gasteiger partial charge in [-0.05, 0) is 45.1 Å². The summed E-state index contributed by atoms with van der Waals surface area (Å²) in [7, 11) is 0. The van der Waals surface area contributed by atoms with Crippen LogP contribution in [-0.4, -0.2) is 41.1 Å². The SMILES string of the molecule is BrCC1CCCN1CC1CCC2(CCCC2)O1. The predicted molar refractivity (Wildman–Crippen MR) is 73.7 cm³/mol. The third-order valence-electron chi connectivity index (χ3n) is 4.97. The van der Waals surface area contributed by atoms with Crippen LogP contribution in [0, 0.1) is 0 Å². The van der Waals surface area contributed by atoms with E-state index in [9.17, 15) is 0 Å². The van der Waals surface area contributed by atoms with Gasteiger partial charge in [0.15, 0.2) is 0 Å². The molecule has 3 fully saturated rings. The summed E-state index contributed by atoms with van der Waals surface area (Å²) in [4.78, 5) is 2.65. The van der Waals surface area contributed by atoms with Crippen LogP contribution in [0.2, 0.25) is 0 Å². The molecule has 0 amide bonds. The molecule has 2 saturated heterocycles. The fraction of sp³-hybridized carbons (Fsp3) is 1.00. The van der Waals surface area contributed by atoms with E-state index in [1.54, 1.807) is 0 Å². The molecule has 0 aromatic carbocycles. The summed E-state index contributed by atoms with van der Waals surface area (Å²) in [6, 6.07) is 0.763. The van der Waals surface area contributed by atoms with Crippen LogP contribution in [0.3, 0.4) is 0 Å². The molecule has 1 aliphatic carbocycles. The molecule has 17 heavy (non-hydrogen) atoms. The monoisotopic (exact) mass is 301 g/mol. The zero-order chi connectivity index (χ0) is 11.7. The number of hydrogen-bond acceptors (Lipinski definition) is 2. The Bertz CT molecular complexity index is 265. The van der Waals surface area contributed by atoms with E-state index in [2.05, 4.69) is 20.8 Å². The van der Waals surface area contributed by atoms with E-state index in [-0.39, 0.29) is 0 Å². The first-order valence-corrected chi connectivity index (χ1v) is 8.41. The highest BCUT2D eigenvalue weighted by Crippen LogP contribution is 2.43. The summed E-state index contributed by atoms with van der Waals surface area (Å²) in [6.07, 6.45) is 11.3. The van der Waals surface area contributed by atoms with Gasteiger partial charge in [0.1, 0.15) is 0 Å². The number of alkyl halides is 1. The van der Waals surface area contributed by atoms with E-state index in [0.717, 1.165) is 11.4 Å². The average molecular weight is 302 g/mol. The highest BCUT2D eigenvalue weighted by molar-refractivity contribution is 9.09. The van der Waals surface area contributed by atoms with E-state index in [0.29, 0.717) is 11.7 Å². The molecule has 0 aromatic rings. The molecular weight excluding hydrogens is 278 g/mol. The second-order valence-electron chi connectivity index (χ2n) is 6.11. The highest BCUT2D eigenvalue weighted by Gasteiger charge is 2.43. The average Bonchev–Trinajstić information content (AvgIpc) is 3.03. The number of nitrogens with zero attached hydrogens (tertiary/aromatic N) is 1. The summed E-state index contributed by atoms with van der Waals surface area (Å²) < 4.78 is 6.41. The predicted octanol–water partition coefficient (Wildman–Crippen LogP) is 3.34. The summed E-state index contributed by atoms with van der Waals surface area (Å²) in [5.74, 6) is 0. The lowest BCUT2D eigenvalue weighted by Crippen LogP contribution is -2.38. The first kappa shape index (κ1) is 12.4. The van der Waals surface area contributed by atoms with Gasteiger partial charge < -0.3 is 4.74 Å². The second kappa shape index (κ2) is 5.18. The molecule has 2 atom stereocenters. The topological polar surface area (TPSA) is 12.5 Å². The fourth-order valence-electron chi connectivity index (χ4n) is 3.98. The number of rotatable bonds is 3. The summed E-state index contributed by atoms with van der Waals surface area (Å²) in [5, 5.41) is 1.13. The molecule has 3 aliphatic rings.